The van der Waals surface area contributed by atoms with Crippen molar-refractivity contribution in [3.05, 3.63) is 34.2 Å². The van der Waals surface area contributed by atoms with Crippen LogP contribution in [0.3, 0.4) is 0 Å². The van der Waals surface area contributed by atoms with Crippen LogP contribution in [0.5, 0.6) is 0 Å². The van der Waals surface area contributed by atoms with Crippen LogP contribution in [-0.2, 0) is 4.79 Å². The second kappa shape index (κ2) is 4.78. The zero-order valence-corrected chi connectivity index (χ0v) is 8.06. The minimum atomic E-state index is -0.510. The molecule has 7 nitrogen and oxygen atoms in total. The number of carbonyl (C=O) groups is 2. The molecule has 0 spiro atoms. The molecule has 7 heteroatoms. The fourth-order valence-electron chi connectivity index (χ4n) is 1.19. The molecule has 0 aliphatic heterocycles. The van der Waals surface area contributed by atoms with Gasteiger partial charge < -0.3 is 20.8 Å². The predicted octanol–water partition coefficient (Wildman–Crippen LogP) is -0.344. The highest BCUT2D eigenvalue weighted by Gasteiger charge is 2.02. The number of aromatic nitrogens is 2. The molecule has 0 atom stereocenters. The zero-order valence-electron chi connectivity index (χ0n) is 8.06. The van der Waals surface area contributed by atoms with Crippen molar-refractivity contribution in [3.63, 3.8) is 0 Å². The maximum absolute atomic E-state index is 10.8. The van der Waals surface area contributed by atoms with Crippen molar-refractivity contribution in [2.24, 2.45) is 5.73 Å². The lowest BCUT2D eigenvalue weighted by atomic mass is 10.2. The van der Waals surface area contributed by atoms with Crippen molar-refractivity contribution < 1.29 is 14.7 Å². The van der Waals surface area contributed by atoms with E-state index in [-0.39, 0.29) is 12.2 Å². The van der Waals surface area contributed by atoms with E-state index < -0.39 is 5.91 Å². The Hall–Kier alpha value is -2.57. The van der Waals surface area contributed by atoms with Gasteiger partial charge in [-0.25, -0.2) is 4.79 Å². The number of H-pyrrole nitrogens is 2. The first-order valence-corrected chi connectivity index (χ1v) is 4.18. The van der Waals surface area contributed by atoms with Crippen molar-refractivity contribution in [3.8, 4) is 0 Å². The van der Waals surface area contributed by atoms with Gasteiger partial charge in [0.1, 0.15) is 0 Å². The van der Waals surface area contributed by atoms with Crippen molar-refractivity contribution >= 4 is 23.4 Å². The molecular formula is C9H9N3O4. The number of nitrogens with two attached hydrogens (primary N) is 1. The van der Waals surface area contributed by atoms with Crippen LogP contribution in [0.4, 0.5) is 0 Å². The predicted molar refractivity (Wildman–Crippen MR) is 56.1 cm³/mol. The number of hydrogen-bond acceptors (Lipinski definition) is 3. The van der Waals surface area contributed by atoms with Gasteiger partial charge in [-0.05, 0) is 18.2 Å². The average molecular weight is 223 g/mol. The summed E-state index contributed by atoms with van der Waals surface area (Å²) in [5, 5.41) is 6.89. The first-order chi connectivity index (χ1) is 7.58. The number of imidazole rings is 1. The summed E-state index contributed by atoms with van der Waals surface area (Å²) in [5.74, 6) is -0.510. The van der Waals surface area contributed by atoms with Gasteiger partial charge in [-0.1, -0.05) is 0 Å². The summed E-state index contributed by atoms with van der Waals surface area (Å²) in [7, 11) is 0. The first-order valence-electron chi connectivity index (χ1n) is 4.18. The summed E-state index contributed by atoms with van der Waals surface area (Å²) in [6.45, 7) is -0.250. The van der Waals surface area contributed by atoms with Crippen LogP contribution in [0.15, 0.2) is 23.0 Å². The lowest BCUT2D eigenvalue weighted by Gasteiger charge is -1.93. The molecule has 0 fully saturated rings. The van der Waals surface area contributed by atoms with Crippen LogP contribution in [0.25, 0.3) is 11.0 Å². The van der Waals surface area contributed by atoms with Crippen LogP contribution in [0, 0.1) is 0 Å². The van der Waals surface area contributed by atoms with Gasteiger partial charge in [-0.15, -0.1) is 0 Å². The summed E-state index contributed by atoms with van der Waals surface area (Å²) in [6, 6.07) is 4.73. The van der Waals surface area contributed by atoms with Gasteiger partial charge in [0.05, 0.1) is 11.0 Å². The monoisotopic (exact) mass is 223 g/mol. The molecule has 1 amide bonds. The molecule has 1 aromatic heterocycles. The molecule has 0 saturated carbocycles. The highest BCUT2D eigenvalue weighted by Crippen LogP contribution is 2.08. The fourth-order valence-corrected chi connectivity index (χ4v) is 1.19. The van der Waals surface area contributed by atoms with E-state index in [9.17, 15) is 9.59 Å². The van der Waals surface area contributed by atoms with Crippen LogP contribution < -0.4 is 11.4 Å². The minimum absolute atomic E-state index is 0.250. The Balaban J connectivity index is 0.000000386. The van der Waals surface area contributed by atoms with Crippen molar-refractivity contribution in [2.45, 2.75) is 0 Å². The smallest absolute Gasteiger partial charge is 0.323 e. The van der Waals surface area contributed by atoms with Crippen LogP contribution in [0.2, 0.25) is 0 Å². The highest BCUT2D eigenvalue weighted by molar-refractivity contribution is 5.96. The topological polar surface area (TPSA) is 129 Å². The van der Waals surface area contributed by atoms with E-state index in [0.29, 0.717) is 16.6 Å². The summed E-state index contributed by atoms with van der Waals surface area (Å²) >= 11 is 0. The summed E-state index contributed by atoms with van der Waals surface area (Å²) < 4.78 is 0. The first kappa shape index (κ1) is 11.5. The Morgan fingerprint density at radius 3 is 2.44 bits per heavy atom. The molecule has 2 aromatic rings. The minimum Gasteiger partial charge on any atom is -0.483 e. The fraction of sp³-hybridized carbons (Fsp3) is 0. The Labute approximate surface area is 88.9 Å². The van der Waals surface area contributed by atoms with Gasteiger partial charge in [-0.3, -0.25) is 9.59 Å². The van der Waals surface area contributed by atoms with Gasteiger partial charge in [0.15, 0.2) is 0 Å². The van der Waals surface area contributed by atoms with E-state index in [2.05, 4.69) is 9.97 Å². The number of benzene rings is 1. The molecule has 1 aromatic carbocycles. The average Bonchev–Trinajstić information content (AvgIpc) is 2.57. The quantitative estimate of drug-likeness (QED) is 0.492. The molecule has 0 aliphatic rings. The normalized spacial score (nSPS) is 9.25. The van der Waals surface area contributed by atoms with Gasteiger partial charge in [0.2, 0.25) is 5.91 Å². The molecule has 16 heavy (non-hydrogen) atoms. The van der Waals surface area contributed by atoms with Crippen LogP contribution in [-0.4, -0.2) is 27.5 Å². The summed E-state index contributed by atoms with van der Waals surface area (Å²) in [5.41, 5.74) is 6.40. The number of rotatable bonds is 1. The van der Waals surface area contributed by atoms with E-state index in [1.54, 1.807) is 12.1 Å². The largest absolute Gasteiger partial charge is 0.483 e. The molecule has 0 radical (unpaired) electrons. The van der Waals surface area contributed by atoms with Crippen molar-refractivity contribution in [1.82, 2.24) is 9.97 Å². The highest BCUT2D eigenvalue weighted by atomic mass is 16.3. The number of nitrogens with one attached hydrogen (secondary N) is 2. The molecule has 5 N–H and O–H groups in total. The zero-order chi connectivity index (χ0) is 12.1. The van der Waals surface area contributed by atoms with E-state index >= 15 is 0 Å². The van der Waals surface area contributed by atoms with E-state index in [1.807, 2.05) is 0 Å². The van der Waals surface area contributed by atoms with Crippen LogP contribution in [0.1, 0.15) is 10.4 Å². The second-order valence-electron chi connectivity index (χ2n) is 2.81. The number of carbonyl (C=O) groups excluding carboxylic acids is 1. The third-order valence-electron chi connectivity index (χ3n) is 1.80. The maximum Gasteiger partial charge on any atom is 0.323 e. The van der Waals surface area contributed by atoms with Crippen LogP contribution >= 0.6 is 0 Å². The second-order valence-corrected chi connectivity index (χ2v) is 2.81. The Morgan fingerprint density at radius 1 is 1.31 bits per heavy atom. The SMILES string of the molecule is NC(=O)c1ccc2[nH]c(=O)[nH]c2c1.O=CO. The molecule has 0 unspecified atom stereocenters. The standard InChI is InChI=1S/C8H7N3O2.CH2O2/c9-7(12)4-1-2-5-6(3-4)11-8(13)10-5;2-1-3/h1-3H,(H2,9,12)(H2,10,11,13);1H,(H,2,3). The Kier molecular flexibility index (Phi) is 3.44. The Bertz CT molecular complexity index is 569. The van der Waals surface area contributed by atoms with Gasteiger partial charge in [-0.2, -0.15) is 0 Å². The van der Waals surface area contributed by atoms with Crippen molar-refractivity contribution in [2.75, 3.05) is 0 Å². The van der Waals surface area contributed by atoms with Gasteiger partial charge >= 0.3 is 5.69 Å². The van der Waals surface area contributed by atoms with Crippen molar-refractivity contribution in [1.29, 1.82) is 0 Å². The number of primary amides is 1. The maximum atomic E-state index is 10.8. The lowest BCUT2D eigenvalue weighted by molar-refractivity contribution is -0.122. The molecule has 2 rings (SSSR count). The molecule has 0 saturated heterocycles. The molecule has 0 aliphatic carbocycles. The number of carboxylic acid groups (broad SMARTS) is 1. The summed E-state index contributed by atoms with van der Waals surface area (Å²) in [4.78, 5) is 35.1. The Morgan fingerprint density at radius 2 is 1.88 bits per heavy atom. The van der Waals surface area contributed by atoms with Gasteiger partial charge in [0.25, 0.3) is 6.47 Å². The van der Waals surface area contributed by atoms with E-state index in [1.165, 1.54) is 6.07 Å². The number of fused-ring (bicyclic) bond motifs is 1. The van der Waals surface area contributed by atoms with E-state index in [0.717, 1.165) is 0 Å². The number of hydrogen-bond donors (Lipinski definition) is 4. The van der Waals surface area contributed by atoms with E-state index in [4.69, 9.17) is 15.6 Å². The number of amides is 1. The molecule has 1 heterocycles. The third-order valence-corrected chi connectivity index (χ3v) is 1.80. The molecule has 0 bridgehead atoms. The van der Waals surface area contributed by atoms with Gasteiger partial charge in [0, 0.05) is 5.56 Å². The molecule has 84 valence electrons. The number of aromatic amines is 2. The summed E-state index contributed by atoms with van der Waals surface area (Å²) in [6.07, 6.45) is 0. The third kappa shape index (κ3) is 2.47. The lowest BCUT2D eigenvalue weighted by Crippen LogP contribution is -2.10. The molecular weight excluding hydrogens is 214 g/mol.